The van der Waals surface area contributed by atoms with E-state index in [1.165, 1.54) is 0 Å². The Kier molecular flexibility index (Phi) is 5.78. The first kappa shape index (κ1) is 19.0. The summed E-state index contributed by atoms with van der Waals surface area (Å²) < 4.78 is 17.7. The molecule has 1 N–H and O–H groups in total. The number of ether oxygens (including phenoxy) is 2. The number of hydrogen-bond acceptors (Lipinski definition) is 4. The van der Waals surface area contributed by atoms with Crippen molar-refractivity contribution in [3.05, 3.63) is 41.7 Å². The van der Waals surface area contributed by atoms with Gasteiger partial charge in [-0.1, -0.05) is 32.9 Å². The Bertz CT molecular complexity index is 572. The van der Waals surface area contributed by atoms with E-state index < -0.39 is 8.32 Å². The molecule has 0 amide bonds. The molecule has 1 aliphatic heterocycles. The lowest BCUT2D eigenvalue weighted by molar-refractivity contribution is -0.0321. The molecule has 134 valence electrons. The molecular formula is C19H30O4Si. The summed E-state index contributed by atoms with van der Waals surface area (Å²) in [6.45, 7) is 11.1. The Morgan fingerprint density at radius 2 is 1.83 bits per heavy atom. The van der Waals surface area contributed by atoms with Crippen LogP contribution in [0.25, 0.3) is 0 Å². The summed E-state index contributed by atoms with van der Waals surface area (Å²) >= 11 is 0. The first-order chi connectivity index (χ1) is 11.2. The molecule has 0 radical (unpaired) electrons. The van der Waals surface area contributed by atoms with Crippen molar-refractivity contribution in [1.29, 1.82) is 0 Å². The van der Waals surface area contributed by atoms with Gasteiger partial charge in [0.25, 0.3) is 0 Å². The van der Waals surface area contributed by atoms with Crippen LogP contribution in [0.1, 0.15) is 38.9 Å². The highest BCUT2D eigenvalue weighted by Gasteiger charge is 2.40. The fourth-order valence-corrected chi connectivity index (χ4v) is 3.54. The maximum absolute atomic E-state index is 9.58. The smallest absolute Gasteiger partial charge is 0.250 e. The fraction of sp³-hybridized carbons (Fsp3) is 0.579. The Balaban J connectivity index is 2.19. The molecular weight excluding hydrogens is 320 g/mol. The molecule has 0 aliphatic carbocycles. The van der Waals surface area contributed by atoms with Crippen LogP contribution >= 0.6 is 0 Å². The van der Waals surface area contributed by atoms with Crippen LogP contribution in [-0.2, 0) is 9.16 Å². The molecule has 0 bridgehead atoms. The molecule has 1 aromatic carbocycles. The largest absolute Gasteiger partial charge is 0.547 e. The van der Waals surface area contributed by atoms with Crippen LogP contribution in [0.15, 0.2) is 36.1 Å². The molecule has 0 saturated heterocycles. The average molecular weight is 351 g/mol. The Morgan fingerprint density at radius 1 is 1.21 bits per heavy atom. The van der Waals surface area contributed by atoms with E-state index in [1.54, 1.807) is 7.11 Å². The Labute approximate surface area is 146 Å². The van der Waals surface area contributed by atoms with Crippen LogP contribution in [0, 0.1) is 0 Å². The van der Waals surface area contributed by atoms with E-state index in [2.05, 4.69) is 33.9 Å². The SMILES string of the molecule is COc1ccc([C@@H]2CC(O[Si](C)(C)C(C)(C)C)=C[C@H](CO)O2)cc1. The number of hydrogen-bond donors (Lipinski definition) is 1. The summed E-state index contributed by atoms with van der Waals surface area (Å²) in [5.74, 6) is 1.76. The summed E-state index contributed by atoms with van der Waals surface area (Å²) in [7, 11) is -0.251. The second-order valence-electron chi connectivity index (χ2n) is 7.82. The summed E-state index contributed by atoms with van der Waals surface area (Å²) in [6.07, 6.45) is 2.18. The van der Waals surface area contributed by atoms with Gasteiger partial charge in [0.05, 0.1) is 25.6 Å². The Morgan fingerprint density at radius 3 is 2.33 bits per heavy atom. The molecule has 0 fully saturated rings. The number of methoxy groups -OCH3 is 1. The van der Waals surface area contributed by atoms with Crippen molar-refractivity contribution in [2.45, 2.75) is 57.5 Å². The standard InChI is InChI=1S/C19H30O4Si/c1-19(2,3)24(5,6)23-16-11-17(13-20)22-18(12-16)14-7-9-15(21-4)10-8-14/h7-11,17-18,20H,12-13H2,1-6H3/t17-,18+/m1/s1. The second kappa shape index (κ2) is 7.29. The summed E-state index contributed by atoms with van der Waals surface area (Å²) in [5, 5.41) is 9.72. The maximum Gasteiger partial charge on any atom is 0.250 e. The number of aliphatic hydroxyl groups excluding tert-OH is 1. The normalized spacial score (nSPS) is 22.0. The molecule has 4 nitrogen and oxygen atoms in total. The third-order valence-electron chi connectivity index (χ3n) is 4.96. The van der Waals surface area contributed by atoms with E-state index >= 15 is 0 Å². The molecule has 0 aromatic heterocycles. The van der Waals surface area contributed by atoms with E-state index in [4.69, 9.17) is 13.9 Å². The number of aliphatic hydroxyl groups is 1. The lowest BCUT2D eigenvalue weighted by Crippen LogP contribution is -2.41. The topological polar surface area (TPSA) is 47.9 Å². The average Bonchev–Trinajstić information content (AvgIpc) is 2.53. The zero-order chi connectivity index (χ0) is 18.0. The second-order valence-corrected chi connectivity index (χ2v) is 12.5. The molecule has 1 aromatic rings. The van der Waals surface area contributed by atoms with Crippen molar-refractivity contribution in [3.8, 4) is 5.75 Å². The van der Waals surface area contributed by atoms with Gasteiger partial charge in [0.2, 0.25) is 8.32 Å². The van der Waals surface area contributed by atoms with Gasteiger partial charge in [-0.05, 0) is 41.9 Å². The van der Waals surface area contributed by atoms with Crippen molar-refractivity contribution in [3.63, 3.8) is 0 Å². The van der Waals surface area contributed by atoms with Gasteiger partial charge in [-0.15, -0.1) is 0 Å². The van der Waals surface area contributed by atoms with Crippen molar-refractivity contribution in [2.24, 2.45) is 0 Å². The minimum Gasteiger partial charge on any atom is -0.547 e. The lowest BCUT2D eigenvalue weighted by Gasteiger charge is -2.39. The third-order valence-corrected chi connectivity index (χ3v) is 9.34. The maximum atomic E-state index is 9.58. The molecule has 2 rings (SSSR count). The van der Waals surface area contributed by atoms with E-state index in [-0.39, 0.29) is 23.9 Å². The molecule has 24 heavy (non-hydrogen) atoms. The molecule has 1 heterocycles. The van der Waals surface area contributed by atoms with Crippen molar-refractivity contribution >= 4 is 8.32 Å². The molecule has 0 saturated carbocycles. The van der Waals surface area contributed by atoms with E-state index in [1.807, 2.05) is 30.3 Å². The van der Waals surface area contributed by atoms with Gasteiger partial charge in [-0.3, -0.25) is 0 Å². The highest BCUT2D eigenvalue weighted by Crippen LogP contribution is 2.41. The van der Waals surface area contributed by atoms with Gasteiger partial charge < -0.3 is 19.0 Å². The lowest BCUT2D eigenvalue weighted by atomic mass is 10.0. The molecule has 2 atom stereocenters. The Hall–Kier alpha value is -1.30. The first-order valence-electron chi connectivity index (χ1n) is 8.46. The molecule has 0 spiro atoms. The molecule has 0 unspecified atom stereocenters. The third kappa shape index (κ3) is 4.40. The van der Waals surface area contributed by atoms with Crippen LogP contribution in [0.4, 0.5) is 0 Å². The van der Waals surface area contributed by atoms with Crippen molar-refractivity contribution in [1.82, 2.24) is 0 Å². The molecule has 1 aliphatic rings. The van der Waals surface area contributed by atoms with E-state index in [9.17, 15) is 5.11 Å². The minimum absolute atomic E-state index is 0.0446. The van der Waals surface area contributed by atoms with E-state index in [0.717, 1.165) is 17.1 Å². The minimum atomic E-state index is -1.91. The predicted molar refractivity (Wildman–Crippen MR) is 98.7 cm³/mol. The molecule has 5 heteroatoms. The fourth-order valence-electron chi connectivity index (χ4n) is 2.42. The number of rotatable bonds is 5. The highest BCUT2D eigenvalue weighted by atomic mass is 28.4. The van der Waals surface area contributed by atoms with Crippen LogP contribution in [0.5, 0.6) is 5.75 Å². The van der Waals surface area contributed by atoms with Crippen LogP contribution < -0.4 is 4.74 Å². The summed E-state index contributed by atoms with van der Waals surface area (Å²) in [4.78, 5) is 0. The van der Waals surface area contributed by atoms with Gasteiger partial charge in [-0.2, -0.15) is 0 Å². The summed E-state index contributed by atoms with van der Waals surface area (Å²) in [6, 6.07) is 7.87. The van der Waals surface area contributed by atoms with Gasteiger partial charge in [-0.25, -0.2) is 0 Å². The van der Waals surface area contributed by atoms with Crippen LogP contribution in [0.2, 0.25) is 18.1 Å². The quantitative estimate of drug-likeness (QED) is 0.799. The van der Waals surface area contributed by atoms with Crippen LogP contribution in [-0.4, -0.2) is 33.2 Å². The predicted octanol–water partition coefficient (Wildman–Crippen LogP) is 4.42. The van der Waals surface area contributed by atoms with Gasteiger partial charge >= 0.3 is 0 Å². The van der Waals surface area contributed by atoms with Crippen LogP contribution in [0.3, 0.4) is 0 Å². The first-order valence-corrected chi connectivity index (χ1v) is 11.4. The van der Waals surface area contributed by atoms with Gasteiger partial charge in [0.15, 0.2) is 0 Å². The van der Waals surface area contributed by atoms with Gasteiger partial charge in [0.1, 0.15) is 11.9 Å². The summed E-state index contributed by atoms with van der Waals surface area (Å²) in [5.41, 5.74) is 1.07. The zero-order valence-electron chi connectivity index (χ0n) is 15.6. The van der Waals surface area contributed by atoms with Gasteiger partial charge in [0, 0.05) is 6.42 Å². The van der Waals surface area contributed by atoms with Crippen molar-refractivity contribution < 1.29 is 19.0 Å². The number of benzene rings is 1. The van der Waals surface area contributed by atoms with Crippen molar-refractivity contribution in [2.75, 3.05) is 13.7 Å². The zero-order valence-corrected chi connectivity index (χ0v) is 16.6. The highest BCUT2D eigenvalue weighted by molar-refractivity contribution is 6.74. The monoisotopic (exact) mass is 350 g/mol. The van der Waals surface area contributed by atoms with E-state index in [0.29, 0.717) is 6.42 Å².